The second-order valence-electron chi connectivity index (χ2n) is 1.73. The summed E-state index contributed by atoms with van der Waals surface area (Å²) in [6.45, 7) is 0.396. The van der Waals surface area contributed by atoms with Crippen LogP contribution in [0.2, 0.25) is 0 Å². The Morgan fingerprint density at radius 3 is 2.82 bits per heavy atom. The molecule has 0 atom stereocenters. The fraction of sp³-hybridized carbons (Fsp3) is 0.286. The number of terminal acetylenes is 1. The molecule has 0 unspecified atom stereocenters. The molecule has 0 aromatic carbocycles. The number of nitrogens with zero attached hydrogens (tertiary/aromatic N) is 1. The molecule has 0 amide bonds. The summed E-state index contributed by atoms with van der Waals surface area (Å²) in [5, 5.41) is 0. The summed E-state index contributed by atoms with van der Waals surface area (Å²) in [5.41, 5.74) is 6.94. The summed E-state index contributed by atoms with van der Waals surface area (Å²) in [4.78, 5) is 3.82. The molecule has 3 N–H and O–H groups in total. The highest BCUT2D eigenvalue weighted by molar-refractivity contribution is 14.1. The molecule has 60 valence electrons. The number of halogens is 1. The standard InChI is InChI=1S/C7H10IN3/c1-3-7(11-8)6(4-9)5-10-2/h1,5,11H,4,9H2,2H3. The fourth-order valence-corrected chi connectivity index (χ4v) is 1.06. The average Bonchev–Trinajstić information content (AvgIpc) is 2.05. The van der Waals surface area contributed by atoms with Crippen molar-refractivity contribution in [3.63, 3.8) is 0 Å². The minimum absolute atomic E-state index is 0.396. The summed E-state index contributed by atoms with van der Waals surface area (Å²) in [7, 11) is 1.68. The minimum Gasteiger partial charge on any atom is -0.326 e. The Balaban J connectivity index is 4.66. The van der Waals surface area contributed by atoms with Gasteiger partial charge in [0.25, 0.3) is 0 Å². The number of hydrogen-bond donors (Lipinski definition) is 2. The van der Waals surface area contributed by atoms with Crippen LogP contribution in [-0.4, -0.2) is 19.8 Å². The highest BCUT2D eigenvalue weighted by Crippen LogP contribution is 1.97. The first kappa shape index (κ1) is 10.5. The van der Waals surface area contributed by atoms with E-state index >= 15 is 0 Å². The van der Waals surface area contributed by atoms with Crippen molar-refractivity contribution < 1.29 is 0 Å². The second-order valence-corrected chi connectivity index (χ2v) is 2.27. The predicted octanol–water partition coefficient (Wildman–Crippen LogP) is 0.473. The van der Waals surface area contributed by atoms with Crippen molar-refractivity contribution in [3.05, 3.63) is 11.3 Å². The van der Waals surface area contributed by atoms with Gasteiger partial charge in [-0.2, -0.15) is 0 Å². The molecule has 0 aliphatic heterocycles. The third-order valence-electron chi connectivity index (χ3n) is 1.06. The van der Waals surface area contributed by atoms with Gasteiger partial charge in [0.1, 0.15) is 0 Å². The van der Waals surface area contributed by atoms with Crippen LogP contribution in [0.3, 0.4) is 0 Å². The number of hydrogen-bond acceptors (Lipinski definition) is 3. The maximum Gasteiger partial charge on any atom is 0.0998 e. The zero-order chi connectivity index (χ0) is 8.69. The van der Waals surface area contributed by atoms with E-state index in [4.69, 9.17) is 12.2 Å². The van der Waals surface area contributed by atoms with Gasteiger partial charge >= 0.3 is 0 Å². The van der Waals surface area contributed by atoms with Gasteiger partial charge in [-0.15, -0.1) is 6.42 Å². The van der Waals surface area contributed by atoms with E-state index in [0.717, 1.165) is 5.57 Å². The lowest BCUT2D eigenvalue weighted by Crippen LogP contribution is -2.11. The second kappa shape index (κ2) is 6.19. The summed E-state index contributed by atoms with van der Waals surface area (Å²) in [6, 6.07) is 0. The highest BCUT2D eigenvalue weighted by Gasteiger charge is 1.96. The zero-order valence-electron chi connectivity index (χ0n) is 6.26. The van der Waals surface area contributed by atoms with Crippen LogP contribution in [0.4, 0.5) is 0 Å². The van der Waals surface area contributed by atoms with Crippen LogP contribution in [0, 0.1) is 12.3 Å². The van der Waals surface area contributed by atoms with Crippen molar-refractivity contribution in [1.82, 2.24) is 3.53 Å². The molecular weight excluding hydrogens is 253 g/mol. The third kappa shape index (κ3) is 3.39. The lowest BCUT2D eigenvalue weighted by atomic mass is 10.2. The van der Waals surface area contributed by atoms with Crippen LogP contribution >= 0.6 is 22.9 Å². The molecule has 0 radical (unpaired) electrons. The van der Waals surface area contributed by atoms with Crippen LogP contribution in [0.5, 0.6) is 0 Å². The smallest absolute Gasteiger partial charge is 0.0998 e. The molecule has 0 saturated heterocycles. The van der Waals surface area contributed by atoms with Crippen LogP contribution in [0.25, 0.3) is 0 Å². The van der Waals surface area contributed by atoms with Gasteiger partial charge in [0.2, 0.25) is 0 Å². The molecule has 0 fully saturated rings. The molecule has 0 aromatic heterocycles. The molecule has 0 aromatic rings. The van der Waals surface area contributed by atoms with Gasteiger partial charge in [-0.3, -0.25) is 4.99 Å². The van der Waals surface area contributed by atoms with E-state index in [9.17, 15) is 0 Å². The first-order chi connectivity index (χ1) is 5.29. The summed E-state index contributed by atoms with van der Waals surface area (Å²) in [6.07, 6.45) is 6.85. The van der Waals surface area contributed by atoms with Crippen molar-refractivity contribution in [3.8, 4) is 12.3 Å². The van der Waals surface area contributed by atoms with Gasteiger partial charge < -0.3 is 9.26 Å². The van der Waals surface area contributed by atoms with Crippen LogP contribution in [0.15, 0.2) is 16.3 Å². The van der Waals surface area contributed by atoms with E-state index in [2.05, 4.69) is 14.4 Å². The first-order valence-electron chi connectivity index (χ1n) is 2.98. The van der Waals surface area contributed by atoms with Gasteiger partial charge in [0.15, 0.2) is 0 Å². The van der Waals surface area contributed by atoms with Crippen LogP contribution < -0.4 is 9.26 Å². The lowest BCUT2D eigenvalue weighted by Gasteiger charge is -2.00. The Labute approximate surface area is 80.6 Å². The Morgan fingerprint density at radius 1 is 1.91 bits per heavy atom. The van der Waals surface area contributed by atoms with Crippen molar-refractivity contribution in [1.29, 1.82) is 0 Å². The Hall–Kier alpha value is -0.540. The minimum atomic E-state index is 0.396. The normalized spacial score (nSPS) is 12.5. The molecule has 0 spiro atoms. The highest BCUT2D eigenvalue weighted by atomic mass is 127. The SMILES string of the molecule is C#CC(NI)=C(C=NC)CN. The van der Waals surface area contributed by atoms with E-state index < -0.39 is 0 Å². The predicted molar refractivity (Wildman–Crippen MR) is 56.5 cm³/mol. The monoisotopic (exact) mass is 263 g/mol. The summed E-state index contributed by atoms with van der Waals surface area (Å²) < 4.78 is 2.83. The van der Waals surface area contributed by atoms with Gasteiger partial charge in [-0.05, 0) is 0 Å². The quantitative estimate of drug-likeness (QED) is 0.336. The molecule has 3 nitrogen and oxygen atoms in total. The largest absolute Gasteiger partial charge is 0.326 e. The maximum absolute atomic E-state index is 5.42. The maximum atomic E-state index is 5.42. The van der Waals surface area contributed by atoms with Crippen LogP contribution in [0.1, 0.15) is 0 Å². The molecule has 0 heterocycles. The fourth-order valence-electron chi connectivity index (χ4n) is 0.556. The number of nitrogens with two attached hydrogens (primary N) is 1. The van der Waals surface area contributed by atoms with Crippen LogP contribution in [-0.2, 0) is 0 Å². The molecule has 4 heteroatoms. The van der Waals surface area contributed by atoms with E-state index in [-0.39, 0.29) is 0 Å². The first-order valence-corrected chi connectivity index (χ1v) is 4.06. The molecule has 0 bridgehead atoms. The van der Waals surface area contributed by atoms with Gasteiger partial charge in [0, 0.05) is 25.4 Å². The Morgan fingerprint density at radius 2 is 2.55 bits per heavy atom. The molecule has 0 rings (SSSR count). The molecule has 0 aliphatic rings. The van der Waals surface area contributed by atoms with Crippen molar-refractivity contribution in [2.75, 3.05) is 13.6 Å². The Bertz CT molecular complexity index is 212. The summed E-state index contributed by atoms with van der Waals surface area (Å²) in [5.74, 6) is 2.48. The topological polar surface area (TPSA) is 50.4 Å². The van der Waals surface area contributed by atoms with Gasteiger partial charge in [-0.1, -0.05) is 5.92 Å². The van der Waals surface area contributed by atoms with E-state index in [1.54, 1.807) is 13.3 Å². The molecular formula is C7H10IN3. The number of rotatable bonds is 3. The van der Waals surface area contributed by atoms with E-state index in [0.29, 0.717) is 12.2 Å². The van der Waals surface area contributed by atoms with E-state index in [1.165, 1.54) is 0 Å². The number of nitrogens with one attached hydrogen (secondary N) is 1. The van der Waals surface area contributed by atoms with Crippen molar-refractivity contribution in [2.45, 2.75) is 0 Å². The lowest BCUT2D eigenvalue weighted by molar-refractivity contribution is 1.16. The zero-order valence-corrected chi connectivity index (χ0v) is 8.42. The molecule has 11 heavy (non-hydrogen) atoms. The molecule has 0 aliphatic carbocycles. The Kier molecular flexibility index (Phi) is 5.88. The van der Waals surface area contributed by atoms with E-state index in [1.807, 2.05) is 22.9 Å². The average molecular weight is 263 g/mol. The summed E-state index contributed by atoms with van der Waals surface area (Å²) >= 11 is 1.96. The molecule has 0 saturated carbocycles. The third-order valence-corrected chi connectivity index (χ3v) is 1.60. The van der Waals surface area contributed by atoms with Gasteiger partial charge in [-0.25, -0.2) is 0 Å². The number of aliphatic imine (C=N–C) groups is 1. The van der Waals surface area contributed by atoms with Crippen molar-refractivity contribution in [2.24, 2.45) is 10.7 Å². The van der Waals surface area contributed by atoms with Crippen molar-refractivity contribution >= 4 is 29.1 Å². The van der Waals surface area contributed by atoms with Gasteiger partial charge in [0.05, 0.1) is 28.6 Å². The number of allylic oxidation sites excluding steroid dienone is 1.